The SMILES string of the molecule is CCNC(=NCc1ccc(S(=O)(=O)N(C)C)cc1)NCc1ccccc1OC(F)F.I. The fourth-order valence-electron chi connectivity index (χ4n) is 2.53. The number of guanidine groups is 1. The van der Waals surface area contributed by atoms with Crippen LogP contribution in [0.1, 0.15) is 18.1 Å². The summed E-state index contributed by atoms with van der Waals surface area (Å²) in [5, 5.41) is 6.16. The lowest BCUT2D eigenvalue weighted by Crippen LogP contribution is -2.36. The topological polar surface area (TPSA) is 83.0 Å². The number of hydrogen-bond donors (Lipinski definition) is 2. The lowest BCUT2D eigenvalue weighted by Gasteiger charge is -2.14. The Morgan fingerprint density at radius 2 is 1.74 bits per heavy atom. The molecule has 0 aliphatic heterocycles. The number of hydrogen-bond acceptors (Lipinski definition) is 4. The molecule has 0 radical (unpaired) electrons. The van der Waals surface area contributed by atoms with Gasteiger partial charge in [0.1, 0.15) is 5.75 Å². The normalized spacial score (nSPS) is 11.9. The molecule has 0 atom stereocenters. The van der Waals surface area contributed by atoms with Crippen LogP contribution in [0.4, 0.5) is 8.78 Å². The highest BCUT2D eigenvalue weighted by Crippen LogP contribution is 2.20. The lowest BCUT2D eigenvalue weighted by atomic mass is 10.2. The molecule has 31 heavy (non-hydrogen) atoms. The minimum absolute atomic E-state index is 0. The van der Waals surface area contributed by atoms with Crippen LogP contribution in [-0.4, -0.2) is 45.9 Å². The average molecular weight is 568 g/mol. The molecule has 2 rings (SSSR count). The highest BCUT2D eigenvalue weighted by atomic mass is 127. The molecule has 7 nitrogen and oxygen atoms in total. The molecule has 2 aromatic carbocycles. The summed E-state index contributed by atoms with van der Waals surface area (Å²) in [4.78, 5) is 4.67. The van der Waals surface area contributed by atoms with Crippen molar-refractivity contribution >= 4 is 40.0 Å². The number of nitrogens with one attached hydrogen (secondary N) is 2. The van der Waals surface area contributed by atoms with Gasteiger partial charge in [0.2, 0.25) is 10.0 Å². The predicted octanol–water partition coefficient (Wildman–Crippen LogP) is 3.41. The second kappa shape index (κ2) is 12.8. The van der Waals surface area contributed by atoms with Crippen LogP contribution in [-0.2, 0) is 23.1 Å². The van der Waals surface area contributed by atoms with Gasteiger partial charge in [0, 0.05) is 32.7 Å². The Morgan fingerprint density at radius 1 is 1.10 bits per heavy atom. The van der Waals surface area contributed by atoms with Gasteiger partial charge in [-0.3, -0.25) is 0 Å². The average Bonchev–Trinajstić information content (AvgIpc) is 2.71. The Kier molecular flexibility index (Phi) is 11.1. The number of sulfonamides is 1. The third kappa shape index (κ3) is 8.22. The summed E-state index contributed by atoms with van der Waals surface area (Å²) in [7, 11) is -0.521. The molecule has 0 unspecified atom stereocenters. The summed E-state index contributed by atoms with van der Waals surface area (Å²) < 4.78 is 55.1. The third-order valence-corrected chi connectivity index (χ3v) is 5.93. The first kappa shape index (κ1) is 27.0. The maximum Gasteiger partial charge on any atom is 0.387 e. The number of halogens is 3. The first-order valence-electron chi connectivity index (χ1n) is 9.30. The monoisotopic (exact) mass is 568 g/mol. The molecule has 172 valence electrons. The fourth-order valence-corrected chi connectivity index (χ4v) is 3.43. The molecule has 0 fully saturated rings. The van der Waals surface area contributed by atoms with E-state index in [1.807, 2.05) is 6.92 Å². The maximum atomic E-state index is 12.6. The van der Waals surface area contributed by atoms with Gasteiger partial charge in [-0.1, -0.05) is 30.3 Å². The van der Waals surface area contributed by atoms with Crippen molar-refractivity contribution in [2.24, 2.45) is 4.99 Å². The van der Waals surface area contributed by atoms with Gasteiger partial charge in [-0.2, -0.15) is 8.78 Å². The van der Waals surface area contributed by atoms with Gasteiger partial charge in [0.15, 0.2) is 5.96 Å². The van der Waals surface area contributed by atoms with Crippen molar-refractivity contribution in [1.82, 2.24) is 14.9 Å². The van der Waals surface area contributed by atoms with E-state index < -0.39 is 16.6 Å². The molecule has 0 bridgehead atoms. The highest BCUT2D eigenvalue weighted by Gasteiger charge is 2.16. The van der Waals surface area contributed by atoms with Gasteiger partial charge < -0.3 is 15.4 Å². The van der Waals surface area contributed by atoms with Crippen molar-refractivity contribution in [2.75, 3.05) is 20.6 Å². The van der Waals surface area contributed by atoms with Crippen LogP contribution in [0.5, 0.6) is 5.75 Å². The number of para-hydroxylation sites is 1. The zero-order valence-corrected chi connectivity index (χ0v) is 20.7. The molecule has 0 saturated carbocycles. The minimum atomic E-state index is -3.48. The second-order valence-electron chi connectivity index (χ2n) is 6.47. The van der Waals surface area contributed by atoms with Gasteiger partial charge in [0.25, 0.3) is 0 Å². The first-order valence-corrected chi connectivity index (χ1v) is 10.7. The fraction of sp³-hybridized carbons (Fsp3) is 0.350. The van der Waals surface area contributed by atoms with Crippen molar-refractivity contribution in [2.45, 2.75) is 31.5 Å². The van der Waals surface area contributed by atoms with Crippen LogP contribution < -0.4 is 15.4 Å². The van der Waals surface area contributed by atoms with Gasteiger partial charge in [-0.25, -0.2) is 17.7 Å². The number of nitrogens with zero attached hydrogens (tertiary/aromatic N) is 2. The van der Waals surface area contributed by atoms with Crippen LogP contribution in [0.2, 0.25) is 0 Å². The quantitative estimate of drug-likeness (QED) is 0.276. The van der Waals surface area contributed by atoms with Crippen molar-refractivity contribution in [3.8, 4) is 5.75 Å². The molecule has 0 amide bonds. The van der Waals surface area contributed by atoms with E-state index in [2.05, 4.69) is 20.4 Å². The van der Waals surface area contributed by atoms with Crippen LogP contribution in [0, 0.1) is 0 Å². The zero-order chi connectivity index (χ0) is 22.1. The van der Waals surface area contributed by atoms with E-state index in [9.17, 15) is 17.2 Å². The van der Waals surface area contributed by atoms with E-state index in [0.717, 1.165) is 9.87 Å². The second-order valence-corrected chi connectivity index (χ2v) is 8.62. The van der Waals surface area contributed by atoms with E-state index in [1.54, 1.807) is 42.5 Å². The molecule has 0 aliphatic carbocycles. The van der Waals surface area contributed by atoms with Crippen LogP contribution >= 0.6 is 24.0 Å². The highest BCUT2D eigenvalue weighted by molar-refractivity contribution is 14.0. The largest absolute Gasteiger partial charge is 0.434 e. The van der Waals surface area contributed by atoms with Gasteiger partial charge in [-0.15, -0.1) is 24.0 Å². The summed E-state index contributed by atoms with van der Waals surface area (Å²) in [6.45, 7) is 0.182. The lowest BCUT2D eigenvalue weighted by molar-refractivity contribution is -0.0504. The van der Waals surface area contributed by atoms with Crippen molar-refractivity contribution in [3.05, 3.63) is 59.7 Å². The summed E-state index contributed by atoms with van der Waals surface area (Å²) in [6, 6.07) is 13.0. The Balaban J connectivity index is 0.00000480. The van der Waals surface area contributed by atoms with Crippen molar-refractivity contribution < 1.29 is 21.9 Å². The standard InChI is InChI=1S/C20H26F2N4O3S.HI/c1-4-23-20(25-14-16-7-5-6-8-18(16)29-19(21)22)24-13-15-9-11-17(12-10-15)30(27,28)26(2)3;/h5-12,19H,4,13-14H2,1-3H3,(H2,23,24,25);1H. The molecule has 11 heteroatoms. The van der Waals surface area contributed by atoms with Gasteiger partial charge in [-0.05, 0) is 30.7 Å². The molecule has 0 aromatic heterocycles. The molecule has 0 spiro atoms. The van der Waals surface area contributed by atoms with Gasteiger partial charge >= 0.3 is 6.61 Å². The summed E-state index contributed by atoms with van der Waals surface area (Å²) >= 11 is 0. The first-order chi connectivity index (χ1) is 14.2. The molecular formula is C20H27F2IN4O3S. The van der Waals surface area contributed by atoms with E-state index >= 15 is 0 Å². The molecule has 2 N–H and O–H groups in total. The molecule has 0 heterocycles. The maximum absolute atomic E-state index is 12.6. The Labute approximate surface area is 199 Å². The molecule has 0 aliphatic rings. The van der Waals surface area contributed by atoms with Crippen molar-refractivity contribution in [1.29, 1.82) is 0 Å². The Bertz CT molecular complexity index is 955. The summed E-state index contributed by atoms with van der Waals surface area (Å²) in [6.07, 6.45) is 0. The van der Waals surface area contributed by atoms with E-state index in [1.165, 1.54) is 20.2 Å². The number of rotatable bonds is 9. The molecule has 2 aromatic rings. The predicted molar refractivity (Wildman–Crippen MR) is 127 cm³/mol. The molecular weight excluding hydrogens is 541 g/mol. The Morgan fingerprint density at radius 3 is 2.32 bits per heavy atom. The Hall–Kier alpha value is -1.99. The number of aliphatic imine (C=N–C) groups is 1. The zero-order valence-electron chi connectivity index (χ0n) is 17.5. The third-order valence-electron chi connectivity index (χ3n) is 4.10. The number of alkyl halides is 2. The minimum Gasteiger partial charge on any atom is -0.434 e. The van der Waals surface area contributed by atoms with Crippen molar-refractivity contribution in [3.63, 3.8) is 0 Å². The van der Waals surface area contributed by atoms with Crippen LogP contribution in [0.3, 0.4) is 0 Å². The summed E-state index contributed by atoms with van der Waals surface area (Å²) in [5.41, 5.74) is 1.40. The smallest absolute Gasteiger partial charge is 0.387 e. The number of ether oxygens (including phenoxy) is 1. The van der Waals surface area contributed by atoms with E-state index in [0.29, 0.717) is 24.6 Å². The van der Waals surface area contributed by atoms with E-state index in [-0.39, 0.29) is 41.2 Å². The van der Waals surface area contributed by atoms with Gasteiger partial charge in [0.05, 0.1) is 11.4 Å². The summed E-state index contributed by atoms with van der Waals surface area (Å²) in [5.74, 6) is 0.600. The molecule has 0 saturated heterocycles. The van der Waals surface area contributed by atoms with Crippen LogP contribution in [0.25, 0.3) is 0 Å². The van der Waals surface area contributed by atoms with E-state index in [4.69, 9.17) is 0 Å². The number of benzene rings is 2. The van der Waals surface area contributed by atoms with Crippen LogP contribution in [0.15, 0.2) is 58.4 Å².